The van der Waals surface area contributed by atoms with Crippen molar-refractivity contribution >= 4 is 17.2 Å². The van der Waals surface area contributed by atoms with Crippen LogP contribution in [0.5, 0.6) is 0 Å². The molecule has 0 aliphatic heterocycles. The number of aromatic nitrogens is 1. The number of hydrogen-bond acceptors (Lipinski definition) is 4. The molecule has 0 aliphatic rings. The minimum atomic E-state index is -0.762. The predicted molar refractivity (Wildman–Crippen MR) is 70.8 cm³/mol. The van der Waals surface area contributed by atoms with Crippen LogP contribution >= 0.6 is 11.3 Å². The molecule has 1 atom stereocenters. The lowest BCUT2D eigenvalue weighted by molar-refractivity contribution is -0.135. The zero-order chi connectivity index (χ0) is 13.1. The molecular formula is C12H21N3OS. The number of nitrogens with zero attached hydrogens (tertiary/aromatic N) is 2. The maximum absolute atomic E-state index is 12.2. The summed E-state index contributed by atoms with van der Waals surface area (Å²) in [5.74, 6) is -0.00727. The first-order chi connectivity index (χ1) is 7.88. The highest BCUT2D eigenvalue weighted by Crippen LogP contribution is 2.17. The van der Waals surface area contributed by atoms with Gasteiger partial charge in [-0.3, -0.25) is 4.79 Å². The van der Waals surface area contributed by atoms with Gasteiger partial charge in [-0.1, -0.05) is 13.3 Å². The Morgan fingerprint density at radius 2 is 2.29 bits per heavy atom. The summed E-state index contributed by atoms with van der Waals surface area (Å²) in [6.45, 7) is 6.38. The van der Waals surface area contributed by atoms with Gasteiger partial charge in [0, 0.05) is 11.9 Å². The van der Waals surface area contributed by atoms with E-state index < -0.39 is 5.54 Å². The molecule has 1 aromatic heterocycles. The molecule has 1 heterocycles. The molecule has 2 N–H and O–H groups in total. The van der Waals surface area contributed by atoms with Crippen molar-refractivity contribution in [3.63, 3.8) is 0 Å². The van der Waals surface area contributed by atoms with Crippen molar-refractivity contribution in [2.24, 2.45) is 5.73 Å². The molecule has 0 spiro atoms. The second-order valence-corrected chi connectivity index (χ2v) is 5.63. The van der Waals surface area contributed by atoms with Crippen LogP contribution in [0.25, 0.3) is 0 Å². The number of rotatable bonds is 5. The van der Waals surface area contributed by atoms with E-state index in [2.05, 4.69) is 4.98 Å². The standard InChI is InChI=1S/C12H21N3OS/c1-5-6-12(3,13)11(16)15(4)7-10-9(2)14-8-17-10/h8H,5-7,13H2,1-4H3. The van der Waals surface area contributed by atoms with Crippen LogP contribution in [-0.4, -0.2) is 28.4 Å². The van der Waals surface area contributed by atoms with Gasteiger partial charge in [0.1, 0.15) is 0 Å². The van der Waals surface area contributed by atoms with Crippen LogP contribution in [0.1, 0.15) is 37.3 Å². The van der Waals surface area contributed by atoms with Crippen LogP contribution in [0.3, 0.4) is 0 Å². The molecule has 1 rings (SSSR count). The van der Waals surface area contributed by atoms with Crippen LogP contribution in [0, 0.1) is 6.92 Å². The lowest BCUT2D eigenvalue weighted by Crippen LogP contribution is -2.51. The molecule has 96 valence electrons. The van der Waals surface area contributed by atoms with Crippen LogP contribution in [-0.2, 0) is 11.3 Å². The van der Waals surface area contributed by atoms with Crippen molar-refractivity contribution in [1.82, 2.24) is 9.88 Å². The van der Waals surface area contributed by atoms with E-state index in [1.165, 1.54) is 0 Å². The van der Waals surface area contributed by atoms with Crippen molar-refractivity contribution in [3.8, 4) is 0 Å². The fourth-order valence-electron chi connectivity index (χ4n) is 1.83. The molecule has 1 unspecified atom stereocenters. The Labute approximate surface area is 107 Å². The van der Waals surface area contributed by atoms with Crippen molar-refractivity contribution in [2.75, 3.05) is 7.05 Å². The average molecular weight is 255 g/mol. The van der Waals surface area contributed by atoms with Gasteiger partial charge in [-0.05, 0) is 20.3 Å². The average Bonchev–Trinajstić information content (AvgIpc) is 2.63. The first-order valence-corrected chi connectivity index (χ1v) is 6.70. The summed E-state index contributed by atoms with van der Waals surface area (Å²) in [6.07, 6.45) is 1.62. The van der Waals surface area contributed by atoms with Gasteiger partial charge in [-0.25, -0.2) is 4.98 Å². The Morgan fingerprint density at radius 3 is 2.76 bits per heavy atom. The molecule has 17 heavy (non-hydrogen) atoms. The Kier molecular flexibility index (Phi) is 4.65. The van der Waals surface area contributed by atoms with Crippen LogP contribution in [0.2, 0.25) is 0 Å². The van der Waals surface area contributed by atoms with Gasteiger partial charge in [-0.2, -0.15) is 0 Å². The number of carbonyl (C=O) groups excluding carboxylic acids is 1. The smallest absolute Gasteiger partial charge is 0.242 e. The summed E-state index contributed by atoms with van der Waals surface area (Å²) in [4.78, 5) is 19.2. The molecule has 1 aromatic rings. The van der Waals surface area contributed by atoms with Crippen LogP contribution in [0.4, 0.5) is 0 Å². The Morgan fingerprint density at radius 1 is 1.65 bits per heavy atom. The highest BCUT2D eigenvalue weighted by Gasteiger charge is 2.30. The number of nitrogens with two attached hydrogens (primary N) is 1. The predicted octanol–water partition coefficient (Wildman–Crippen LogP) is 1.93. The fraction of sp³-hybridized carbons (Fsp3) is 0.667. The van der Waals surface area contributed by atoms with E-state index in [1.807, 2.05) is 13.8 Å². The monoisotopic (exact) mass is 255 g/mol. The van der Waals surface area contributed by atoms with Crippen molar-refractivity contribution in [2.45, 2.75) is 45.7 Å². The van der Waals surface area contributed by atoms with E-state index in [1.54, 1.807) is 35.7 Å². The number of hydrogen-bond donors (Lipinski definition) is 1. The minimum absolute atomic E-state index is 0.00727. The Bertz CT molecular complexity index is 387. The van der Waals surface area contributed by atoms with E-state index >= 15 is 0 Å². The lowest BCUT2D eigenvalue weighted by Gasteiger charge is -2.28. The highest BCUT2D eigenvalue weighted by molar-refractivity contribution is 7.09. The highest BCUT2D eigenvalue weighted by atomic mass is 32.1. The SMILES string of the molecule is CCCC(C)(N)C(=O)N(C)Cc1scnc1C. The third-order valence-electron chi connectivity index (χ3n) is 2.83. The van der Waals surface area contributed by atoms with E-state index in [4.69, 9.17) is 5.73 Å². The number of likely N-dealkylation sites (N-methyl/N-ethyl adjacent to an activating group) is 1. The molecule has 0 saturated heterocycles. The maximum atomic E-state index is 12.2. The summed E-state index contributed by atoms with van der Waals surface area (Å²) in [5, 5.41) is 0. The molecule has 1 amide bonds. The Hall–Kier alpha value is -0.940. The molecule has 0 aliphatic carbocycles. The fourth-order valence-corrected chi connectivity index (χ4v) is 2.66. The van der Waals surface area contributed by atoms with Crippen molar-refractivity contribution in [3.05, 3.63) is 16.1 Å². The molecule has 4 nitrogen and oxygen atoms in total. The van der Waals surface area contributed by atoms with E-state index in [9.17, 15) is 4.79 Å². The maximum Gasteiger partial charge on any atom is 0.242 e. The first-order valence-electron chi connectivity index (χ1n) is 5.82. The lowest BCUT2D eigenvalue weighted by atomic mass is 9.96. The molecule has 0 radical (unpaired) electrons. The topological polar surface area (TPSA) is 59.2 Å². The number of amides is 1. The molecule has 0 saturated carbocycles. The van der Waals surface area contributed by atoms with Crippen molar-refractivity contribution in [1.29, 1.82) is 0 Å². The minimum Gasteiger partial charge on any atom is -0.339 e. The summed E-state index contributed by atoms with van der Waals surface area (Å²) in [6, 6.07) is 0. The van der Waals surface area contributed by atoms with Gasteiger partial charge in [-0.15, -0.1) is 11.3 Å². The van der Waals surface area contributed by atoms with E-state index in [0.29, 0.717) is 13.0 Å². The van der Waals surface area contributed by atoms with E-state index in [0.717, 1.165) is 17.0 Å². The number of thiazole rings is 1. The first kappa shape index (κ1) is 14.1. The molecule has 0 aromatic carbocycles. The number of carbonyl (C=O) groups is 1. The summed E-state index contributed by atoms with van der Waals surface area (Å²) >= 11 is 1.57. The summed E-state index contributed by atoms with van der Waals surface area (Å²) in [7, 11) is 1.79. The zero-order valence-electron chi connectivity index (χ0n) is 11.0. The van der Waals surface area contributed by atoms with Crippen LogP contribution in [0.15, 0.2) is 5.51 Å². The largest absolute Gasteiger partial charge is 0.339 e. The van der Waals surface area contributed by atoms with Crippen LogP contribution < -0.4 is 5.73 Å². The van der Waals surface area contributed by atoms with E-state index in [-0.39, 0.29) is 5.91 Å². The van der Waals surface area contributed by atoms with Gasteiger partial charge < -0.3 is 10.6 Å². The molecular weight excluding hydrogens is 234 g/mol. The third kappa shape index (κ3) is 3.51. The van der Waals surface area contributed by atoms with Gasteiger partial charge in [0.15, 0.2) is 0 Å². The normalized spacial score (nSPS) is 14.4. The van der Waals surface area contributed by atoms with Crippen molar-refractivity contribution < 1.29 is 4.79 Å². The molecule has 5 heteroatoms. The Balaban J connectivity index is 2.68. The summed E-state index contributed by atoms with van der Waals surface area (Å²) in [5.41, 5.74) is 8.07. The van der Waals surface area contributed by atoms with Gasteiger partial charge in [0.05, 0.1) is 23.3 Å². The second-order valence-electron chi connectivity index (χ2n) is 4.69. The molecule has 0 bridgehead atoms. The quantitative estimate of drug-likeness (QED) is 0.874. The zero-order valence-corrected chi connectivity index (χ0v) is 11.8. The van der Waals surface area contributed by atoms with Gasteiger partial charge >= 0.3 is 0 Å². The summed E-state index contributed by atoms with van der Waals surface area (Å²) < 4.78 is 0. The second kappa shape index (κ2) is 5.60. The van der Waals surface area contributed by atoms with Gasteiger partial charge in [0.25, 0.3) is 0 Å². The number of aryl methyl sites for hydroxylation is 1. The molecule has 0 fully saturated rings. The third-order valence-corrected chi connectivity index (χ3v) is 3.75. The van der Waals surface area contributed by atoms with Gasteiger partial charge in [0.2, 0.25) is 5.91 Å².